The standard InChI is InChI=1S/C13H27N.C2H6/c1-4-6-12(7-5-2)13-8-10-14(3)11-9-13;1-2/h12-13H,4-11H2,1-3H3;1-2H3. The highest BCUT2D eigenvalue weighted by Gasteiger charge is 2.23. The molecule has 0 aromatic carbocycles. The van der Waals surface area contributed by atoms with Crippen molar-refractivity contribution in [2.75, 3.05) is 20.1 Å². The zero-order valence-electron chi connectivity index (χ0n) is 12.3. The summed E-state index contributed by atoms with van der Waals surface area (Å²) in [7, 11) is 2.25. The Morgan fingerprint density at radius 3 is 1.81 bits per heavy atom. The maximum absolute atomic E-state index is 2.48. The van der Waals surface area contributed by atoms with Gasteiger partial charge in [0.15, 0.2) is 0 Å². The lowest BCUT2D eigenvalue weighted by Crippen LogP contribution is -2.33. The molecule has 1 rings (SSSR count). The number of nitrogens with zero attached hydrogens (tertiary/aromatic N) is 1. The molecule has 0 saturated carbocycles. The Bertz CT molecular complexity index is 130. The SMILES string of the molecule is CC.CCCC(CCC)C1CCN(C)CC1. The predicted molar refractivity (Wildman–Crippen MR) is 74.9 cm³/mol. The van der Waals surface area contributed by atoms with E-state index >= 15 is 0 Å². The van der Waals surface area contributed by atoms with E-state index in [1.54, 1.807) is 0 Å². The average Bonchev–Trinajstić information content (AvgIpc) is 2.32. The van der Waals surface area contributed by atoms with Gasteiger partial charge in [-0.2, -0.15) is 0 Å². The molecule has 1 heterocycles. The zero-order chi connectivity index (χ0) is 12.4. The van der Waals surface area contributed by atoms with Crippen LogP contribution in [0.1, 0.15) is 66.2 Å². The van der Waals surface area contributed by atoms with Gasteiger partial charge < -0.3 is 4.90 Å². The van der Waals surface area contributed by atoms with Crippen LogP contribution in [0.5, 0.6) is 0 Å². The summed E-state index contributed by atoms with van der Waals surface area (Å²) in [6.45, 7) is 11.3. The second-order valence-corrected chi connectivity index (χ2v) is 4.98. The third kappa shape index (κ3) is 5.89. The zero-order valence-corrected chi connectivity index (χ0v) is 12.3. The van der Waals surface area contributed by atoms with E-state index in [2.05, 4.69) is 25.8 Å². The highest BCUT2D eigenvalue weighted by molar-refractivity contribution is 4.76. The van der Waals surface area contributed by atoms with Crippen molar-refractivity contribution in [1.82, 2.24) is 4.90 Å². The highest BCUT2D eigenvalue weighted by Crippen LogP contribution is 2.30. The topological polar surface area (TPSA) is 3.24 Å². The van der Waals surface area contributed by atoms with Gasteiger partial charge in [-0.15, -0.1) is 0 Å². The predicted octanol–water partition coefficient (Wildman–Crippen LogP) is 4.57. The first-order chi connectivity index (χ1) is 7.77. The van der Waals surface area contributed by atoms with Gasteiger partial charge in [0.25, 0.3) is 0 Å². The van der Waals surface area contributed by atoms with Crippen molar-refractivity contribution in [2.45, 2.75) is 66.2 Å². The lowest BCUT2D eigenvalue weighted by molar-refractivity contribution is 0.158. The fraction of sp³-hybridized carbons (Fsp3) is 1.00. The lowest BCUT2D eigenvalue weighted by Gasteiger charge is -2.34. The Morgan fingerprint density at radius 2 is 1.44 bits per heavy atom. The van der Waals surface area contributed by atoms with E-state index < -0.39 is 0 Å². The van der Waals surface area contributed by atoms with Crippen molar-refractivity contribution in [2.24, 2.45) is 11.8 Å². The second kappa shape index (κ2) is 10.1. The Kier molecular flexibility index (Phi) is 10.1. The number of hydrogen-bond donors (Lipinski definition) is 0. The van der Waals surface area contributed by atoms with Gasteiger partial charge in [0.05, 0.1) is 0 Å². The van der Waals surface area contributed by atoms with Crippen LogP contribution in [0.4, 0.5) is 0 Å². The molecule has 0 aliphatic carbocycles. The largest absolute Gasteiger partial charge is 0.306 e. The average molecular weight is 227 g/mol. The van der Waals surface area contributed by atoms with Crippen LogP contribution < -0.4 is 0 Å². The van der Waals surface area contributed by atoms with Crippen molar-refractivity contribution in [3.8, 4) is 0 Å². The summed E-state index contributed by atoms with van der Waals surface area (Å²) in [6.07, 6.45) is 8.56. The maximum atomic E-state index is 2.48. The van der Waals surface area contributed by atoms with Crippen LogP contribution in [0.3, 0.4) is 0 Å². The van der Waals surface area contributed by atoms with Gasteiger partial charge >= 0.3 is 0 Å². The first-order valence-electron chi connectivity index (χ1n) is 7.46. The van der Waals surface area contributed by atoms with Crippen LogP contribution in [0.15, 0.2) is 0 Å². The molecule has 0 bridgehead atoms. The van der Waals surface area contributed by atoms with E-state index in [-0.39, 0.29) is 0 Å². The van der Waals surface area contributed by atoms with Crippen molar-refractivity contribution in [1.29, 1.82) is 0 Å². The molecule has 1 aliphatic rings. The molecular weight excluding hydrogens is 194 g/mol. The Labute approximate surface area is 104 Å². The normalized spacial score (nSPS) is 18.4. The summed E-state index contributed by atoms with van der Waals surface area (Å²) in [6, 6.07) is 0. The minimum Gasteiger partial charge on any atom is -0.306 e. The van der Waals surface area contributed by atoms with Gasteiger partial charge in [-0.3, -0.25) is 0 Å². The Morgan fingerprint density at radius 1 is 1.00 bits per heavy atom. The fourth-order valence-corrected chi connectivity index (χ4v) is 2.86. The molecule has 98 valence electrons. The van der Waals surface area contributed by atoms with E-state index in [0.717, 1.165) is 11.8 Å². The summed E-state index contributed by atoms with van der Waals surface area (Å²) in [5, 5.41) is 0. The smallest absolute Gasteiger partial charge is 0.00190 e. The first-order valence-corrected chi connectivity index (χ1v) is 7.46. The summed E-state index contributed by atoms with van der Waals surface area (Å²) in [4.78, 5) is 2.48. The van der Waals surface area contributed by atoms with Crippen LogP contribution in [0, 0.1) is 11.8 Å². The van der Waals surface area contributed by atoms with Gasteiger partial charge in [-0.05, 0) is 44.8 Å². The molecule has 1 nitrogen and oxygen atoms in total. The van der Waals surface area contributed by atoms with Crippen molar-refractivity contribution < 1.29 is 0 Å². The van der Waals surface area contributed by atoms with E-state index in [9.17, 15) is 0 Å². The van der Waals surface area contributed by atoms with E-state index in [1.165, 1.54) is 51.6 Å². The first kappa shape index (κ1) is 16.0. The summed E-state index contributed by atoms with van der Waals surface area (Å²) < 4.78 is 0. The molecule has 0 aromatic heterocycles. The Hall–Kier alpha value is -0.0400. The summed E-state index contributed by atoms with van der Waals surface area (Å²) in [5.41, 5.74) is 0. The molecule has 1 aliphatic heterocycles. The molecule has 1 saturated heterocycles. The second-order valence-electron chi connectivity index (χ2n) is 4.98. The van der Waals surface area contributed by atoms with Gasteiger partial charge in [-0.1, -0.05) is 53.4 Å². The molecule has 0 amide bonds. The monoisotopic (exact) mass is 227 g/mol. The number of rotatable bonds is 5. The molecule has 0 radical (unpaired) electrons. The van der Waals surface area contributed by atoms with Gasteiger partial charge in [0.1, 0.15) is 0 Å². The van der Waals surface area contributed by atoms with Crippen LogP contribution >= 0.6 is 0 Å². The molecular formula is C15H33N. The van der Waals surface area contributed by atoms with Gasteiger partial charge in [0, 0.05) is 0 Å². The van der Waals surface area contributed by atoms with Crippen LogP contribution in [0.25, 0.3) is 0 Å². The van der Waals surface area contributed by atoms with E-state index in [0.29, 0.717) is 0 Å². The fourth-order valence-electron chi connectivity index (χ4n) is 2.86. The number of piperidine rings is 1. The molecule has 16 heavy (non-hydrogen) atoms. The highest BCUT2D eigenvalue weighted by atomic mass is 15.1. The molecule has 1 fully saturated rings. The molecule has 0 atom stereocenters. The van der Waals surface area contributed by atoms with Gasteiger partial charge in [0.2, 0.25) is 0 Å². The molecule has 0 N–H and O–H groups in total. The van der Waals surface area contributed by atoms with Crippen molar-refractivity contribution >= 4 is 0 Å². The number of hydrogen-bond acceptors (Lipinski definition) is 1. The van der Waals surface area contributed by atoms with Crippen LogP contribution in [0.2, 0.25) is 0 Å². The van der Waals surface area contributed by atoms with E-state index in [4.69, 9.17) is 0 Å². The third-order valence-electron chi connectivity index (χ3n) is 3.75. The molecule has 1 heteroatoms. The summed E-state index contributed by atoms with van der Waals surface area (Å²) in [5.74, 6) is 2.06. The van der Waals surface area contributed by atoms with Crippen molar-refractivity contribution in [3.05, 3.63) is 0 Å². The van der Waals surface area contributed by atoms with Crippen molar-refractivity contribution in [3.63, 3.8) is 0 Å². The minimum atomic E-state index is 1.03. The molecule has 0 unspecified atom stereocenters. The quantitative estimate of drug-likeness (QED) is 0.665. The van der Waals surface area contributed by atoms with E-state index in [1.807, 2.05) is 13.8 Å². The lowest BCUT2D eigenvalue weighted by atomic mass is 9.79. The minimum absolute atomic E-state index is 1.03. The number of likely N-dealkylation sites (tertiary alicyclic amines) is 1. The van der Waals surface area contributed by atoms with Crippen LogP contribution in [-0.4, -0.2) is 25.0 Å². The van der Waals surface area contributed by atoms with Gasteiger partial charge in [-0.25, -0.2) is 0 Å². The van der Waals surface area contributed by atoms with Crippen LogP contribution in [-0.2, 0) is 0 Å². The Balaban J connectivity index is 0.00000106. The molecule has 0 spiro atoms. The maximum Gasteiger partial charge on any atom is -0.00190 e. The third-order valence-corrected chi connectivity index (χ3v) is 3.75. The molecule has 0 aromatic rings. The summed E-state index contributed by atoms with van der Waals surface area (Å²) >= 11 is 0.